The van der Waals surface area contributed by atoms with Crippen LogP contribution in [0.25, 0.3) is 0 Å². The largest absolute Gasteiger partial charge is 0.481 e. The average Bonchev–Trinajstić information content (AvgIpc) is 1.75. The second-order valence-electron chi connectivity index (χ2n) is 28.8. The minimum atomic E-state index is -1.85. The van der Waals surface area contributed by atoms with Crippen molar-refractivity contribution in [2.24, 2.45) is 51.8 Å². The van der Waals surface area contributed by atoms with Crippen LogP contribution in [0, 0.1) is 29.6 Å². The summed E-state index contributed by atoms with van der Waals surface area (Å²) in [4.78, 5) is 257. The Bertz CT molecular complexity index is 3410. The zero-order chi connectivity index (χ0) is 86.8. The maximum Gasteiger partial charge on any atom is 0.325 e. The molecule has 1 fully saturated rings. The molecule has 0 aromatic carbocycles. The summed E-state index contributed by atoms with van der Waals surface area (Å²) >= 11 is 4.04. The first-order chi connectivity index (χ1) is 52.5. The van der Waals surface area contributed by atoms with E-state index >= 15 is 0 Å². The first-order valence-corrected chi connectivity index (χ1v) is 37.3. The van der Waals surface area contributed by atoms with Gasteiger partial charge in [-0.1, -0.05) is 69.2 Å². The molecule has 1 rings (SSSR count). The highest BCUT2D eigenvalue weighted by molar-refractivity contribution is 7.80. The number of carboxylic acids is 4. The molecule has 1 aliphatic heterocycles. The van der Waals surface area contributed by atoms with Crippen molar-refractivity contribution in [1.29, 1.82) is 0 Å². The predicted molar refractivity (Wildman–Crippen MR) is 403 cm³/mol. The van der Waals surface area contributed by atoms with Gasteiger partial charge in [0, 0.05) is 31.7 Å². The number of aliphatic carboxylic acids is 4. The minimum Gasteiger partial charge on any atom is -0.481 e. The predicted octanol–water partition coefficient (Wildman–Crippen LogP) is -8.31. The van der Waals surface area contributed by atoms with Gasteiger partial charge in [-0.3, -0.25) is 96.1 Å². The van der Waals surface area contributed by atoms with Crippen LogP contribution in [0.15, 0.2) is 4.99 Å². The van der Waals surface area contributed by atoms with Gasteiger partial charge in [0.15, 0.2) is 5.96 Å². The third-order valence-corrected chi connectivity index (χ3v) is 17.8. The van der Waals surface area contributed by atoms with Crippen LogP contribution >= 0.6 is 12.6 Å². The molecule has 16 atom stereocenters. The lowest BCUT2D eigenvalue weighted by molar-refractivity contribution is -0.144. The molecule has 0 aromatic heterocycles. The topological polar surface area (TPSA) is 708 Å². The number of amides is 15. The number of aliphatic hydroxyl groups is 2. The van der Waals surface area contributed by atoms with Crippen molar-refractivity contribution in [2.45, 2.75) is 245 Å². The van der Waals surface area contributed by atoms with Crippen LogP contribution in [0.5, 0.6) is 0 Å². The molecular weight excluding hydrogens is 1510 g/mol. The maximum atomic E-state index is 14.4. The first-order valence-electron chi connectivity index (χ1n) is 36.6. The Hall–Kier alpha value is -10.6. The van der Waals surface area contributed by atoms with Crippen molar-refractivity contribution in [1.82, 2.24) is 79.3 Å². The number of carboxylic acid groups (broad SMARTS) is 4. The summed E-state index contributed by atoms with van der Waals surface area (Å²) in [6, 6.07) is -23.1. The summed E-state index contributed by atoms with van der Waals surface area (Å²) in [6.07, 6.45) is -5.23. The molecule has 113 heavy (non-hydrogen) atoms. The summed E-state index contributed by atoms with van der Waals surface area (Å²) in [5.41, 5.74) is 16.6. The number of nitrogens with one attached hydrogen (secondary N) is 14. The molecule has 15 amide bonds. The number of rotatable bonds is 50. The third-order valence-electron chi connectivity index (χ3n) is 17.5. The highest BCUT2D eigenvalue weighted by atomic mass is 32.1. The van der Waals surface area contributed by atoms with Crippen molar-refractivity contribution in [3.05, 3.63) is 0 Å². The van der Waals surface area contributed by atoms with Gasteiger partial charge in [0.1, 0.15) is 84.6 Å². The molecule has 26 N–H and O–H groups in total. The number of aliphatic imine (C=N–C) groups is 1. The van der Waals surface area contributed by atoms with Gasteiger partial charge < -0.3 is 127 Å². The van der Waals surface area contributed by atoms with E-state index in [1.165, 1.54) is 48.5 Å². The van der Waals surface area contributed by atoms with Crippen molar-refractivity contribution in [3.63, 3.8) is 0 Å². The van der Waals surface area contributed by atoms with E-state index in [0.717, 1.165) is 18.7 Å². The summed E-state index contributed by atoms with van der Waals surface area (Å²) in [5, 5.41) is 92.0. The Balaban J connectivity index is 3.42. The number of carbonyl (C=O) groups is 19. The van der Waals surface area contributed by atoms with Crippen LogP contribution in [0.3, 0.4) is 0 Å². The molecule has 1 aliphatic rings. The van der Waals surface area contributed by atoms with Crippen LogP contribution in [0.1, 0.15) is 148 Å². The van der Waals surface area contributed by atoms with E-state index in [-0.39, 0.29) is 50.5 Å². The van der Waals surface area contributed by atoms with Crippen LogP contribution in [-0.4, -0.2) is 283 Å². The van der Waals surface area contributed by atoms with Gasteiger partial charge in [0.05, 0.1) is 31.7 Å². The fraction of sp³-hybridized carbons (Fsp3) is 0.706. The standard InChI is InChI=1S/C68H115N19O25S/c1-28(2)47(60(104)73-25-43(90)75-38(19-21-45(93)94)66(110)87-23-15-17-42(87)59(103)86-52(35(13)89)65(109)77-37(18-20-44(91)92)54(98)74-34(12)67(111)112)84-64(108)51(32(9)10)85-63(107)50(31(7)8)81-55(99)36(16-14-22-72-68(70)71)76-61(105)48(29(3)4)83-57(101)40(26-88)79-62(106)49(30(5)6)82-56(100)39(24-46(95)96)78-58(102)41(27-113)80-53(97)33(11)69/h28-42,47-52,88-89,113H,14-27,69H2,1-13H3,(H,73,104)(H,74,98)(H,75,90)(H,76,105)(H,77,109)(H,78,102)(H,79,106)(H,80,97)(H,81,99)(H,82,100)(H,83,101)(H,84,108)(H,85,107)(H,86,103)(H,91,92)(H,93,94)(H,95,96)(H,111,112)(H4,70,71,72)/t33-,34-,35+,36-,37-,38-,39-,40-,41-,42-,47-,48-,49-,50-,51-,52-/m0/s1. The van der Waals surface area contributed by atoms with E-state index in [4.69, 9.17) is 17.2 Å². The smallest absolute Gasteiger partial charge is 0.325 e. The number of guanidine groups is 1. The molecule has 1 heterocycles. The van der Waals surface area contributed by atoms with Crippen LogP contribution in [0.2, 0.25) is 0 Å². The van der Waals surface area contributed by atoms with Crippen molar-refractivity contribution in [2.75, 3.05) is 32.0 Å². The van der Waals surface area contributed by atoms with Gasteiger partial charge in [-0.2, -0.15) is 12.6 Å². The van der Waals surface area contributed by atoms with Gasteiger partial charge in [-0.15, -0.1) is 0 Å². The number of hydrogen-bond donors (Lipinski definition) is 24. The molecule has 638 valence electrons. The van der Waals surface area contributed by atoms with Crippen molar-refractivity contribution in [3.8, 4) is 0 Å². The minimum absolute atomic E-state index is 0.0280. The van der Waals surface area contributed by atoms with E-state index < -0.39 is 284 Å². The quantitative estimate of drug-likeness (QED) is 0.0116. The second kappa shape index (κ2) is 49.0. The lowest BCUT2D eigenvalue weighted by Gasteiger charge is -2.31. The highest BCUT2D eigenvalue weighted by Crippen LogP contribution is 2.21. The third kappa shape index (κ3) is 34.9. The van der Waals surface area contributed by atoms with Gasteiger partial charge in [0.2, 0.25) is 88.6 Å². The monoisotopic (exact) mass is 1630 g/mol. The zero-order valence-corrected chi connectivity index (χ0v) is 66.4. The zero-order valence-electron chi connectivity index (χ0n) is 65.5. The fourth-order valence-corrected chi connectivity index (χ4v) is 11.2. The molecule has 44 nitrogen and oxygen atoms in total. The number of likely N-dealkylation sites (tertiary alicyclic amines) is 1. The molecule has 0 unspecified atom stereocenters. The maximum absolute atomic E-state index is 14.4. The van der Waals surface area contributed by atoms with E-state index in [2.05, 4.69) is 92.1 Å². The van der Waals surface area contributed by atoms with E-state index in [1.807, 2.05) is 0 Å². The number of carbonyl (C=O) groups excluding carboxylic acids is 15. The molecular formula is C68H115N19O25S. The Kier molecular flexibility index (Phi) is 43.6. The number of aliphatic hydroxyl groups excluding tert-OH is 2. The van der Waals surface area contributed by atoms with E-state index in [9.17, 15) is 122 Å². The molecule has 45 heteroatoms. The van der Waals surface area contributed by atoms with Crippen molar-refractivity contribution >= 4 is 131 Å². The second-order valence-corrected chi connectivity index (χ2v) is 29.2. The normalized spacial score (nSPS) is 16.6. The number of thiol groups is 1. The molecule has 0 saturated carbocycles. The Morgan fingerprint density at radius 2 is 0.823 bits per heavy atom. The summed E-state index contributed by atoms with van der Waals surface area (Å²) < 4.78 is 0. The number of hydrogen-bond acceptors (Lipinski definition) is 24. The van der Waals surface area contributed by atoms with Crippen LogP contribution in [-0.2, 0) is 91.1 Å². The lowest BCUT2D eigenvalue weighted by Crippen LogP contribution is -2.63. The molecule has 0 spiro atoms. The van der Waals surface area contributed by atoms with E-state index in [0.29, 0.717) is 0 Å². The van der Waals surface area contributed by atoms with Crippen LogP contribution in [0.4, 0.5) is 0 Å². The highest BCUT2D eigenvalue weighted by Gasteiger charge is 2.43. The first kappa shape index (κ1) is 100. The molecule has 0 radical (unpaired) electrons. The molecule has 0 aromatic rings. The molecule has 0 bridgehead atoms. The number of nitrogens with zero attached hydrogens (tertiary/aromatic N) is 2. The summed E-state index contributed by atoms with van der Waals surface area (Å²) in [6.45, 7) is 16.5. The lowest BCUT2D eigenvalue weighted by atomic mass is 9.97. The number of nitrogens with two attached hydrogens (primary N) is 3. The van der Waals surface area contributed by atoms with Gasteiger partial charge in [-0.25, -0.2) is 0 Å². The Labute approximate surface area is 658 Å². The van der Waals surface area contributed by atoms with Gasteiger partial charge in [-0.05, 0) is 88.9 Å². The SMILES string of the molecule is CC(C)[C@H](NC(=O)[C@H](CC(=O)O)NC(=O)[C@H](CS)NC(=O)[C@H](C)N)C(=O)N[C@@H](CO)C(=O)N[C@H](C(=O)N[C@@H](CCCN=C(N)N)C(=O)N[C@H](C(=O)N[C@H](C(=O)N[C@H](C(=O)NCC(=O)N[C@@H](CCC(=O)O)C(=O)N1CCC[C@H]1C(=O)N[C@H](C(=O)N[C@@H](CCC(=O)O)C(=O)N[C@@H](C)C(=O)O)[C@@H](C)O)C(C)C)C(C)C)C(C)C)C(C)C. The molecule has 0 aliphatic carbocycles. The summed E-state index contributed by atoms with van der Waals surface area (Å²) in [5.74, 6) is -25.5. The summed E-state index contributed by atoms with van der Waals surface area (Å²) in [7, 11) is 0. The van der Waals surface area contributed by atoms with Crippen molar-refractivity contribution < 1.29 is 122 Å². The molecule has 1 saturated heterocycles. The Morgan fingerprint density at radius 3 is 1.24 bits per heavy atom. The Morgan fingerprint density at radius 1 is 0.442 bits per heavy atom. The fourth-order valence-electron chi connectivity index (χ4n) is 10.9. The average molecular weight is 1630 g/mol. The van der Waals surface area contributed by atoms with Gasteiger partial charge in [0.25, 0.3) is 0 Å². The van der Waals surface area contributed by atoms with E-state index in [1.54, 1.807) is 27.7 Å². The van der Waals surface area contributed by atoms with Gasteiger partial charge >= 0.3 is 23.9 Å². The van der Waals surface area contributed by atoms with Crippen LogP contribution < -0.4 is 91.6 Å².